The summed E-state index contributed by atoms with van der Waals surface area (Å²) in [6.07, 6.45) is 6.65. The molecule has 0 fully saturated rings. The van der Waals surface area contributed by atoms with E-state index < -0.39 is 5.79 Å². The zero-order valence-electron chi connectivity index (χ0n) is 70.6. The monoisotopic (exact) mass is 2150 g/mol. The molecule has 12 heteroatoms. The van der Waals surface area contributed by atoms with E-state index in [1.165, 1.54) is 147 Å². The number of carbonyl (C=O) groups is 1. The molecule has 124 heavy (non-hydrogen) atoms. The molecule has 5 aromatic heterocycles. The van der Waals surface area contributed by atoms with Gasteiger partial charge in [0.25, 0.3) is 0 Å². The van der Waals surface area contributed by atoms with Crippen LogP contribution < -0.4 is 0 Å². The summed E-state index contributed by atoms with van der Waals surface area (Å²) < 4.78 is 17.7. The molecule has 4 aliphatic carbocycles. The van der Waals surface area contributed by atoms with Gasteiger partial charge in [0, 0.05) is 153 Å². The third kappa shape index (κ3) is 14.9. The van der Waals surface area contributed by atoms with Crippen LogP contribution in [0.15, 0.2) is 340 Å². The fourth-order valence-electron chi connectivity index (χ4n) is 19.2. The number of carbonyl (C=O) groups excluding carboxylic acids is 1. The van der Waals surface area contributed by atoms with Gasteiger partial charge in [-0.1, -0.05) is 224 Å². The molecule has 0 amide bonds. The number of ether oxygens (including phenoxy) is 2. The first-order valence-corrected chi connectivity index (χ1v) is 41.7. The Morgan fingerprint density at radius 3 is 1.19 bits per heavy atom. The Morgan fingerprint density at radius 1 is 0.339 bits per heavy atom. The predicted molar refractivity (Wildman–Crippen MR) is 494 cm³/mol. The number of aliphatic hydroxyl groups excluding tert-OH is 1. The summed E-state index contributed by atoms with van der Waals surface area (Å²) in [5.74, 6) is -0.999. The number of benzene rings is 13. The molecule has 1 N–H and O–H groups in total. The number of rotatable bonds is 12. The van der Waals surface area contributed by atoms with Crippen molar-refractivity contribution >= 4 is 49.4 Å². The summed E-state index contributed by atoms with van der Waals surface area (Å²) in [6.45, 7) is 22.2. The maximum atomic E-state index is 10.0. The maximum absolute atomic E-state index is 10.0. The second kappa shape index (κ2) is 34.6. The van der Waals surface area contributed by atoms with E-state index in [2.05, 4.69) is 320 Å². The fraction of sp³-hybridized carbons (Fsp3) is 0.143. The van der Waals surface area contributed by atoms with Crippen LogP contribution in [-0.4, -0.2) is 48.2 Å². The molecule has 0 bridgehead atoms. The summed E-state index contributed by atoms with van der Waals surface area (Å²) >= 11 is 0. The molecule has 5 heterocycles. The topological polar surface area (TPSA) is 104 Å². The molecule has 0 saturated heterocycles. The van der Waals surface area contributed by atoms with Crippen molar-refractivity contribution in [1.82, 2.24) is 24.1 Å². The normalized spacial score (nSPS) is 13.7. The first kappa shape index (κ1) is 85.5. The van der Waals surface area contributed by atoms with Crippen LogP contribution in [0.3, 0.4) is 0 Å². The van der Waals surface area contributed by atoms with Gasteiger partial charge in [-0.15, -0.1) is 101 Å². The van der Waals surface area contributed by atoms with Crippen molar-refractivity contribution in [1.29, 1.82) is 0 Å². The molecule has 0 saturated carbocycles. The molecule has 0 unspecified atom stereocenters. The van der Waals surface area contributed by atoms with Gasteiger partial charge in [-0.25, -0.2) is 0 Å². The predicted octanol–water partition coefficient (Wildman–Crippen LogP) is 27.4. The standard InChI is InChI=1S/C38H27N2.C35H28N.C34H27N2O2.C5H8O2.3Ir/c1-38(2)33-22-26(25-11-10-12-27(21-25)35-16-8-9-20-39-35)18-19-29(33)31-23-32-30-15-6-7-17-36(30)40(37(32)24-34(31)38)28-13-4-3-5-14-28;1-34(2)29-13-6-5-12-25(29)27-20-28-26-16-15-23(19-30(26)35(3,4)32(28)21-31(27)34)22-10-9-11-24(18-22)33-14-7-8-17-36-33;1-3-37-34(38-4-2)29-16-7-5-14-25(29)27-21-28-26-15-6-8-18-32(26)36(33(28)22-30(27)34)24-13-11-12-23(20-24)31-17-9-10-19-35-31;1-4(6)3-5(2)7;;;/h3-11,13-24H,1-2H3;5-10,12-21H,1-4H3;5-11,13-22H,3-4H2,1-2H3;3,6H,1-2H3;;;/q3*-1;;;;. The first-order chi connectivity index (χ1) is 58.8. The van der Waals surface area contributed by atoms with Gasteiger partial charge in [0.1, 0.15) is 0 Å². The number of para-hydroxylation sites is 3. The Hall–Kier alpha value is -12.0. The van der Waals surface area contributed by atoms with Crippen LogP contribution in [0.5, 0.6) is 0 Å². The molecule has 18 aromatic rings. The van der Waals surface area contributed by atoms with Crippen LogP contribution in [0.2, 0.25) is 0 Å². The van der Waals surface area contributed by atoms with E-state index in [1.54, 1.807) is 0 Å². The molecule has 9 nitrogen and oxygen atoms in total. The smallest absolute Gasteiger partial charge is 0.223 e. The van der Waals surface area contributed by atoms with Gasteiger partial charge < -0.3 is 38.7 Å². The summed E-state index contributed by atoms with van der Waals surface area (Å²) in [4.78, 5) is 23.6. The summed E-state index contributed by atoms with van der Waals surface area (Å²) in [5, 5.41) is 13.4. The van der Waals surface area contributed by atoms with Crippen molar-refractivity contribution < 1.29 is 79.7 Å². The Labute approximate surface area is 765 Å². The zero-order valence-corrected chi connectivity index (χ0v) is 77.8. The Morgan fingerprint density at radius 2 is 0.718 bits per heavy atom. The number of hydrogen-bond acceptors (Lipinski definition) is 7. The van der Waals surface area contributed by atoms with Gasteiger partial charge in [-0.2, -0.15) is 0 Å². The van der Waals surface area contributed by atoms with E-state index in [-0.39, 0.29) is 88.1 Å². The van der Waals surface area contributed by atoms with E-state index >= 15 is 0 Å². The van der Waals surface area contributed by atoms with Gasteiger partial charge in [0.05, 0.1) is 27.8 Å². The van der Waals surface area contributed by atoms with E-state index in [4.69, 9.17) is 14.6 Å². The van der Waals surface area contributed by atoms with Gasteiger partial charge in [-0.05, 0) is 212 Å². The largest absolute Gasteiger partial charge is 0.512 e. The quantitative estimate of drug-likeness (QED) is 0.0562. The van der Waals surface area contributed by atoms with Crippen molar-refractivity contribution in [2.75, 3.05) is 13.2 Å². The zero-order chi connectivity index (χ0) is 83.1. The summed E-state index contributed by atoms with van der Waals surface area (Å²) in [6, 6.07) is 121. The van der Waals surface area contributed by atoms with Crippen LogP contribution in [0.25, 0.3) is 156 Å². The molecule has 22 rings (SSSR count). The Balaban J connectivity index is 0.000000131. The van der Waals surface area contributed by atoms with Crippen LogP contribution in [0.4, 0.5) is 0 Å². The molecular weight excluding hydrogens is 2060 g/mol. The molecule has 3 radical (unpaired) electrons. The average molecular weight is 2150 g/mol. The summed E-state index contributed by atoms with van der Waals surface area (Å²) in [7, 11) is 0. The van der Waals surface area contributed by atoms with Gasteiger partial charge >= 0.3 is 0 Å². The molecule has 0 atom stereocenters. The van der Waals surface area contributed by atoms with E-state index in [9.17, 15) is 4.79 Å². The number of fused-ring (bicyclic) bond motifs is 18. The number of nitrogens with zero attached hydrogens (tertiary/aromatic N) is 5. The van der Waals surface area contributed by atoms with Crippen molar-refractivity contribution in [2.45, 2.75) is 91.3 Å². The molecule has 617 valence electrons. The number of ketones is 1. The number of aromatic nitrogens is 5. The van der Waals surface area contributed by atoms with Gasteiger partial charge in [-0.3, -0.25) is 4.79 Å². The summed E-state index contributed by atoms with van der Waals surface area (Å²) in [5.41, 5.74) is 38.5. The molecule has 0 aliphatic heterocycles. The van der Waals surface area contributed by atoms with Crippen molar-refractivity contribution in [3.63, 3.8) is 0 Å². The minimum absolute atomic E-state index is 0. The Kier molecular flexibility index (Phi) is 23.9. The molecule has 0 spiro atoms. The minimum atomic E-state index is -0.936. The van der Waals surface area contributed by atoms with Crippen molar-refractivity contribution in [3.8, 4) is 112 Å². The number of hydrogen-bond donors (Lipinski definition) is 1. The third-order valence-corrected chi connectivity index (χ3v) is 24.8. The van der Waals surface area contributed by atoms with Crippen LogP contribution in [-0.2, 0) is 96.6 Å². The van der Waals surface area contributed by atoms with Crippen LogP contribution in [0, 0.1) is 18.2 Å². The minimum Gasteiger partial charge on any atom is -0.512 e. The molecule has 4 aliphatic rings. The van der Waals surface area contributed by atoms with Crippen LogP contribution >= 0.6 is 0 Å². The van der Waals surface area contributed by atoms with Crippen LogP contribution in [0.1, 0.15) is 114 Å². The van der Waals surface area contributed by atoms with E-state index in [0.717, 1.165) is 72.7 Å². The van der Waals surface area contributed by atoms with E-state index in [1.807, 2.05) is 105 Å². The average Bonchev–Trinajstić information content (AvgIpc) is 1.55. The molecular formula is C112H90Ir3N5O4-3. The second-order valence-corrected chi connectivity index (χ2v) is 33.3. The number of pyridine rings is 3. The second-order valence-electron chi connectivity index (χ2n) is 33.3. The number of aliphatic hydroxyl groups is 1. The van der Waals surface area contributed by atoms with E-state index in [0.29, 0.717) is 13.2 Å². The molecule has 13 aromatic carbocycles. The van der Waals surface area contributed by atoms with Crippen molar-refractivity contribution in [2.24, 2.45) is 0 Å². The third-order valence-electron chi connectivity index (χ3n) is 24.8. The first-order valence-electron chi connectivity index (χ1n) is 41.7. The maximum Gasteiger partial charge on any atom is 0.223 e. The number of allylic oxidation sites excluding steroid dienone is 2. The Bertz CT molecular complexity index is 7140. The SMILES string of the molecule is CC(=O)C=C(C)O.CC1(C)c2cc(-c3cc[c-]c(-c4ccccn4)c3)ccc2-c2cc3c4ccccc4n(-c4ccccc4)c3cc21.CC1(C)c2ccccc2-c2cc3c(cc21)C(C)(C)c1cc(-c2cc[c-]c(-c4ccccn4)c2)ccc1-3.CCOC1(OCC)c2ccccc2-c2cc3c4ccccc4n(-c4cc[c-]c(-c5ccccn5)c4)c3cc21.[Ir].[Ir].[Ir]. The van der Waals surface area contributed by atoms with Crippen molar-refractivity contribution in [3.05, 3.63) is 403 Å². The van der Waals surface area contributed by atoms with Gasteiger partial charge in [0.2, 0.25) is 5.79 Å². The fourth-order valence-corrected chi connectivity index (χ4v) is 19.2. The van der Waals surface area contributed by atoms with Gasteiger partial charge in [0.15, 0.2) is 5.78 Å².